The van der Waals surface area contributed by atoms with E-state index in [1.807, 2.05) is 24.3 Å². The van der Waals surface area contributed by atoms with Gasteiger partial charge in [-0.05, 0) is 17.0 Å². The number of aliphatic hydroxyl groups excluding tert-OH is 1. The minimum Gasteiger partial charge on any atom is -0.392 e. The zero-order valence-electron chi connectivity index (χ0n) is 6.16. The summed E-state index contributed by atoms with van der Waals surface area (Å²) in [5.41, 5.74) is 0.956. The monoisotopic (exact) mass is 166 g/mol. The fourth-order valence-electron chi connectivity index (χ4n) is 0.839. The number of hydrogen-bond donors (Lipinski definition) is 1. The Morgan fingerprint density at radius 3 is 2.82 bits per heavy atom. The van der Waals surface area contributed by atoms with Gasteiger partial charge in [0.15, 0.2) is 0 Å². The molecule has 1 rings (SSSR count). The Balaban J connectivity index is 2.92. The normalized spacial score (nSPS) is 9.55. The van der Waals surface area contributed by atoms with Crippen molar-refractivity contribution in [3.63, 3.8) is 0 Å². The molecule has 11 heavy (non-hydrogen) atoms. The van der Waals surface area contributed by atoms with Crippen molar-refractivity contribution in [2.24, 2.45) is 0 Å². The molecule has 0 fully saturated rings. The van der Waals surface area contributed by atoms with Crippen LogP contribution in [-0.2, 0) is 6.61 Å². The van der Waals surface area contributed by atoms with Gasteiger partial charge in [0, 0.05) is 4.90 Å². The molecule has 0 atom stereocenters. The molecule has 58 valence electrons. The van der Waals surface area contributed by atoms with Crippen molar-refractivity contribution in [2.45, 2.75) is 11.5 Å². The lowest BCUT2D eigenvalue weighted by atomic mass is 10.2. The summed E-state index contributed by atoms with van der Waals surface area (Å²) in [6.07, 6.45) is 0. The Morgan fingerprint density at radius 1 is 1.45 bits per heavy atom. The standard InChI is InChI=1S/C9H10OS/c1-2-11-9-6-4-3-5-8(9)7-10/h2-6,10H,1,7H2. The van der Waals surface area contributed by atoms with Gasteiger partial charge in [-0.3, -0.25) is 0 Å². The molecule has 0 heterocycles. The van der Waals surface area contributed by atoms with Crippen molar-refractivity contribution < 1.29 is 5.11 Å². The lowest BCUT2D eigenvalue weighted by molar-refractivity contribution is 0.279. The van der Waals surface area contributed by atoms with Crippen LogP contribution in [0.5, 0.6) is 0 Å². The third kappa shape index (κ3) is 2.10. The average molecular weight is 166 g/mol. The number of benzene rings is 1. The predicted molar refractivity (Wildman–Crippen MR) is 48.4 cm³/mol. The molecule has 1 nitrogen and oxygen atoms in total. The van der Waals surface area contributed by atoms with Crippen LogP contribution in [0, 0.1) is 0 Å². The van der Waals surface area contributed by atoms with Crippen molar-refractivity contribution in [2.75, 3.05) is 0 Å². The highest BCUT2D eigenvalue weighted by molar-refractivity contribution is 8.02. The fourth-order valence-corrected chi connectivity index (χ4v) is 1.46. The van der Waals surface area contributed by atoms with Crippen molar-refractivity contribution in [1.82, 2.24) is 0 Å². The Hall–Kier alpha value is -0.730. The van der Waals surface area contributed by atoms with Crippen molar-refractivity contribution in [3.8, 4) is 0 Å². The number of hydrogen-bond acceptors (Lipinski definition) is 2. The van der Waals surface area contributed by atoms with Crippen LogP contribution in [0.3, 0.4) is 0 Å². The Morgan fingerprint density at radius 2 is 2.18 bits per heavy atom. The topological polar surface area (TPSA) is 20.2 Å². The maximum Gasteiger partial charge on any atom is 0.0692 e. The summed E-state index contributed by atoms with van der Waals surface area (Å²) in [5.74, 6) is 0. The van der Waals surface area contributed by atoms with Crippen LogP contribution >= 0.6 is 11.8 Å². The van der Waals surface area contributed by atoms with E-state index in [0.717, 1.165) is 10.5 Å². The second-order valence-electron chi connectivity index (χ2n) is 2.05. The maximum atomic E-state index is 8.90. The van der Waals surface area contributed by atoms with Gasteiger partial charge in [-0.2, -0.15) is 0 Å². The molecule has 0 saturated carbocycles. The molecular formula is C9H10OS. The average Bonchev–Trinajstić information content (AvgIpc) is 2.06. The van der Waals surface area contributed by atoms with Gasteiger partial charge in [0.2, 0.25) is 0 Å². The molecule has 0 saturated heterocycles. The minimum absolute atomic E-state index is 0.0943. The first-order valence-corrected chi connectivity index (χ1v) is 4.22. The summed E-state index contributed by atoms with van der Waals surface area (Å²) in [6.45, 7) is 3.71. The van der Waals surface area contributed by atoms with Gasteiger partial charge < -0.3 is 5.11 Å². The first kappa shape index (κ1) is 8.37. The molecule has 1 aromatic carbocycles. The molecule has 0 aliphatic rings. The van der Waals surface area contributed by atoms with Gasteiger partial charge in [-0.15, -0.1) is 0 Å². The largest absolute Gasteiger partial charge is 0.392 e. The molecular weight excluding hydrogens is 156 g/mol. The molecule has 0 aromatic heterocycles. The van der Waals surface area contributed by atoms with Crippen LogP contribution in [0.4, 0.5) is 0 Å². The quantitative estimate of drug-likeness (QED) is 0.696. The Kier molecular flexibility index (Phi) is 3.20. The SMILES string of the molecule is C=CSc1ccccc1CO. The van der Waals surface area contributed by atoms with E-state index < -0.39 is 0 Å². The molecule has 0 aliphatic heterocycles. The van der Waals surface area contributed by atoms with Gasteiger partial charge in [-0.1, -0.05) is 36.5 Å². The van der Waals surface area contributed by atoms with Gasteiger partial charge in [0.25, 0.3) is 0 Å². The van der Waals surface area contributed by atoms with Crippen LogP contribution in [0.2, 0.25) is 0 Å². The second kappa shape index (κ2) is 4.21. The van der Waals surface area contributed by atoms with Crippen LogP contribution < -0.4 is 0 Å². The lowest BCUT2D eigenvalue weighted by Crippen LogP contribution is -1.84. The molecule has 0 unspecified atom stereocenters. The first-order chi connectivity index (χ1) is 5.38. The molecule has 0 bridgehead atoms. The highest BCUT2D eigenvalue weighted by Gasteiger charge is 1.96. The van der Waals surface area contributed by atoms with Crippen molar-refractivity contribution in [3.05, 3.63) is 41.8 Å². The van der Waals surface area contributed by atoms with E-state index in [4.69, 9.17) is 5.11 Å². The third-order valence-corrected chi connectivity index (χ3v) is 2.17. The molecule has 0 spiro atoms. The van der Waals surface area contributed by atoms with E-state index >= 15 is 0 Å². The summed E-state index contributed by atoms with van der Waals surface area (Å²) in [4.78, 5) is 1.07. The van der Waals surface area contributed by atoms with Gasteiger partial charge in [-0.25, -0.2) is 0 Å². The predicted octanol–water partition coefficient (Wildman–Crippen LogP) is 2.41. The zero-order chi connectivity index (χ0) is 8.10. The number of thioether (sulfide) groups is 1. The van der Waals surface area contributed by atoms with E-state index in [-0.39, 0.29) is 6.61 Å². The first-order valence-electron chi connectivity index (χ1n) is 3.35. The highest BCUT2D eigenvalue weighted by atomic mass is 32.2. The molecule has 1 N–H and O–H groups in total. The highest BCUT2D eigenvalue weighted by Crippen LogP contribution is 2.22. The molecule has 0 amide bonds. The molecule has 0 radical (unpaired) electrons. The van der Waals surface area contributed by atoms with E-state index in [9.17, 15) is 0 Å². The smallest absolute Gasteiger partial charge is 0.0692 e. The van der Waals surface area contributed by atoms with Crippen LogP contribution in [0.25, 0.3) is 0 Å². The van der Waals surface area contributed by atoms with Gasteiger partial charge in [0.05, 0.1) is 6.61 Å². The van der Waals surface area contributed by atoms with Crippen molar-refractivity contribution >= 4 is 11.8 Å². The van der Waals surface area contributed by atoms with Crippen LogP contribution in [0.15, 0.2) is 41.1 Å². The summed E-state index contributed by atoms with van der Waals surface area (Å²) in [5, 5.41) is 10.7. The number of rotatable bonds is 3. The van der Waals surface area contributed by atoms with Crippen LogP contribution in [0.1, 0.15) is 5.56 Å². The number of aliphatic hydroxyl groups is 1. The summed E-state index contributed by atoms with van der Waals surface area (Å²) >= 11 is 1.53. The third-order valence-electron chi connectivity index (χ3n) is 1.35. The summed E-state index contributed by atoms with van der Waals surface area (Å²) in [6, 6.07) is 7.74. The zero-order valence-corrected chi connectivity index (χ0v) is 6.97. The van der Waals surface area contributed by atoms with Crippen LogP contribution in [-0.4, -0.2) is 5.11 Å². The summed E-state index contributed by atoms with van der Waals surface area (Å²) in [7, 11) is 0. The lowest BCUT2D eigenvalue weighted by Gasteiger charge is -2.01. The van der Waals surface area contributed by atoms with Gasteiger partial charge in [0.1, 0.15) is 0 Å². The molecule has 1 aromatic rings. The minimum atomic E-state index is 0.0943. The Labute approximate surface area is 70.8 Å². The molecule has 0 aliphatic carbocycles. The fraction of sp³-hybridized carbons (Fsp3) is 0.111. The second-order valence-corrected chi connectivity index (χ2v) is 3.06. The Bertz CT molecular complexity index is 245. The summed E-state index contributed by atoms with van der Waals surface area (Å²) < 4.78 is 0. The maximum absolute atomic E-state index is 8.90. The van der Waals surface area contributed by atoms with E-state index in [1.165, 1.54) is 11.8 Å². The van der Waals surface area contributed by atoms with E-state index in [2.05, 4.69) is 6.58 Å². The van der Waals surface area contributed by atoms with E-state index in [0.29, 0.717) is 0 Å². The molecule has 2 heteroatoms. The van der Waals surface area contributed by atoms with Gasteiger partial charge >= 0.3 is 0 Å². The van der Waals surface area contributed by atoms with E-state index in [1.54, 1.807) is 5.41 Å². The van der Waals surface area contributed by atoms with Crippen molar-refractivity contribution in [1.29, 1.82) is 0 Å².